The molecule has 106 valence electrons. The number of benzene rings is 1. The molecule has 1 aliphatic carbocycles. The number of hydrazine groups is 1. The Hall–Kier alpha value is -2.40. The normalized spacial score (nSPS) is 14.1. The SMILES string of the molecule is NNc1c2c(nc3cc(-c4ccccc4)nn13)CCCC2. The summed E-state index contributed by atoms with van der Waals surface area (Å²) < 4.78 is 1.83. The molecule has 3 N–H and O–H groups in total. The van der Waals surface area contributed by atoms with Gasteiger partial charge >= 0.3 is 0 Å². The maximum absolute atomic E-state index is 5.75. The van der Waals surface area contributed by atoms with Gasteiger partial charge in [0.25, 0.3) is 0 Å². The van der Waals surface area contributed by atoms with Crippen molar-refractivity contribution in [1.82, 2.24) is 14.6 Å². The number of nitrogens with one attached hydrogen (secondary N) is 1. The summed E-state index contributed by atoms with van der Waals surface area (Å²) in [4.78, 5) is 4.78. The Balaban J connectivity index is 1.95. The number of aromatic nitrogens is 3. The zero-order valence-corrected chi connectivity index (χ0v) is 11.7. The number of fused-ring (bicyclic) bond motifs is 2. The Morgan fingerprint density at radius 2 is 1.90 bits per heavy atom. The lowest BCUT2D eigenvalue weighted by atomic mass is 9.96. The summed E-state index contributed by atoms with van der Waals surface area (Å²) in [5.41, 5.74) is 8.04. The van der Waals surface area contributed by atoms with E-state index in [1.165, 1.54) is 18.4 Å². The lowest BCUT2D eigenvalue weighted by Gasteiger charge is -2.18. The van der Waals surface area contributed by atoms with Gasteiger partial charge in [-0.1, -0.05) is 30.3 Å². The number of hydrogen-bond acceptors (Lipinski definition) is 4. The van der Waals surface area contributed by atoms with Crippen LogP contribution in [0, 0.1) is 0 Å². The predicted molar refractivity (Wildman–Crippen MR) is 82.9 cm³/mol. The van der Waals surface area contributed by atoms with Crippen molar-refractivity contribution in [3.05, 3.63) is 47.7 Å². The summed E-state index contributed by atoms with van der Waals surface area (Å²) in [6, 6.07) is 12.2. The quantitative estimate of drug-likeness (QED) is 0.559. The van der Waals surface area contributed by atoms with Crippen LogP contribution in [0.5, 0.6) is 0 Å². The molecule has 2 heterocycles. The van der Waals surface area contributed by atoms with Crippen molar-refractivity contribution in [2.45, 2.75) is 25.7 Å². The highest BCUT2D eigenvalue weighted by Gasteiger charge is 2.19. The molecule has 0 aliphatic heterocycles. The van der Waals surface area contributed by atoms with Gasteiger partial charge in [0.1, 0.15) is 5.82 Å². The molecule has 0 radical (unpaired) electrons. The lowest BCUT2D eigenvalue weighted by molar-refractivity contribution is 0.661. The van der Waals surface area contributed by atoms with Gasteiger partial charge in [-0.3, -0.25) is 0 Å². The van der Waals surface area contributed by atoms with Gasteiger partial charge in [0.05, 0.1) is 5.69 Å². The second-order valence-corrected chi connectivity index (χ2v) is 5.40. The van der Waals surface area contributed by atoms with E-state index in [0.717, 1.165) is 41.3 Å². The van der Waals surface area contributed by atoms with Crippen LogP contribution in [0.2, 0.25) is 0 Å². The number of aryl methyl sites for hydroxylation is 1. The summed E-state index contributed by atoms with van der Waals surface area (Å²) >= 11 is 0. The Morgan fingerprint density at radius 3 is 2.71 bits per heavy atom. The third-order valence-electron chi connectivity index (χ3n) is 4.08. The molecule has 0 unspecified atom stereocenters. The third-order valence-corrected chi connectivity index (χ3v) is 4.08. The van der Waals surface area contributed by atoms with E-state index in [-0.39, 0.29) is 0 Å². The fraction of sp³-hybridized carbons (Fsp3) is 0.250. The third kappa shape index (κ3) is 1.97. The average Bonchev–Trinajstić information content (AvgIpc) is 2.97. The maximum atomic E-state index is 5.75. The van der Waals surface area contributed by atoms with Crippen molar-refractivity contribution in [3.63, 3.8) is 0 Å². The molecular weight excluding hydrogens is 262 g/mol. The number of anilines is 1. The van der Waals surface area contributed by atoms with Crippen LogP contribution in [-0.2, 0) is 12.8 Å². The molecule has 0 saturated carbocycles. The number of nitrogen functional groups attached to an aromatic ring is 1. The number of hydrogen-bond donors (Lipinski definition) is 2. The van der Waals surface area contributed by atoms with Gasteiger partial charge in [-0.25, -0.2) is 10.8 Å². The van der Waals surface area contributed by atoms with E-state index in [1.54, 1.807) is 0 Å². The topological polar surface area (TPSA) is 68.2 Å². The molecule has 4 rings (SSSR count). The van der Waals surface area contributed by atoms with E-state index in [9.17, 15) is 0 Å². The molecule has 1 aliphatic rings. The molecule has 1 aromatic carbocycles. The molecule has 21 heavy (non-hydrogen) atoms. The Labute approximate surface area is 122 Å². The van der Waals surface area contributed by atoms with Crippen molar-refractivity contribution in [3.8, 4) is 11.3 Å². The second-order valence-electron chi connectivity index (χ2n) is 5.40. The average molecular weight is 279 g/mol. The van der Waals surface area contributed by atoms with Gasteiger partial charge in [0.2, 0.25) is 0 Å². The molecule has 0 fully saturated rings. The molecule has 0 bridgehead atoms. The highest BCUT2D eigenvalue weighted by Crippen LogP contribution is 2.29. The van der Waals surface area contributed by atoms with Gasteiger partial charge in [0.15, 0.2) is 5.65 Å². The number of nitrogens with two attached hydrogens (primary N) is 1. The molecule has 0 atom stereocenters. The number of nitrogens with zero attached hydrogens (tertiary/aromatic N) is 3. The Kier molecular flexibility index (Phi) is 2.86. The van der Waals surface area contributed by atoms with Crippen molar-refractivity contribution in [2.75, 3.05) is 5.43 Å². The van der Waals surface area contributed by atoms with Crippen molar-refractivity contribution < 1.29 is 0 Å². The van der Waals surface area contributed by atoms with Crippen LogP contribution in [0.1, 0.15) is 24.1 Å². The standard InChI is InChI=1S/C16H17N5/c17-19-16-12-8-4-5-9-13(12)18-15-10-14(20-21(15)16)11-6-2-1-3-7-11/h1-3,6-7,10,19H,4-5,8-9,17H2. The summed E-state index contributed by atoms with van der Waals surface area (Å²) in [6.45, 7) is 0. The van der Waals surface area contributed by atoms with E-state index >= 15 is 0 Å². The van der Waals surface area contributed by atoms with Crippen molar-refractivity contribution >= 4 is 11.5 Å². The largest absolute Gasteiger partial charge is 0.308 e. The molecule has 0 saturated heterocycles. The maximum Gasteiger partial charge on any atom is 0.158 e. The van der Waals surface area contributed by atoms with Gasteiger partial charge < -0.3 is 5.43 Å². The first-order valence-corrected chi connectivity index (χ1v) is 7.30. The summed E-state index contributed by atoms with van der Waals surface area (Å²) in [5, 5.41) is 4.67. The van der Waals surface area contributed by atoms with Gasteiger partial charge in [-0.15, -0.1) is 0 Å². The van der Waals surface area contributed by atoms with Crippen LogP contribution < -0.4 is 11.3 Å². The lowest BCUT2D eigenvalue weighted by Crippen LogP contribution is -2.18. The molecular formula is C16H17N5. The zero-order valence-electron chi connectivity index (χ0n) is 11.7. The van der Waals surface area contributed by atoms with Crippen molar-refractivity contribution in [1.29, 1.82) is 0 Å². The number of rotatable bonds is 2. The first-order chi connectivity index (χ1) is 10.4. The minimum absolute atomic E-state index is 0.849. The minimum atomic E-state index is 0.849. The highest BCUT2D eigenvalue weighted by atomic mass is 15.4. The summed E-state index contributed by atoms with van der Waals surface area (Å²) in [6.07, 6.45) is 4.41. The van der Waals surface area contributed by atoms with Crippen LogP contribution in [0.15, 0.2) is 36.4 Å². The van der Waals surface area contributed by atoms with Crippen LogP contribution in [0.4, 0.5) is 5.82 Å². The van der Waals surface area contributed by atoms with Crippen molar-refractivity contribution in [2.24, 2.45) is 5.84 Å². The predicted octanol–water partition coefficient (Wildman–Crippen LogP) is 2.56. The fourth-order valence-corrected chi connectivity index (χ4v) is 3.05. The van der Waals surface area contributed by atoms with E-state index in [4.69, 9.17) is 10.8 Å². The summed E-state index contributed by atoms with van der Waals surface area (Å²) in [5.74, 6) is 6.62. The first kappa shape index (κ1) is 12.3. The van der Waals surface area contributed by atoms with E-state index in [1.807, 2.05) is 28.8 Å². The van der Waals surface area contributed by atoms with E-state index in [0.29, 0.717) is 0 Å². The zero-order chi connectivity index (χ0) is 14.2. The molecule has 5 nitrogen and oxygen atoms in total. The van der Waals surface area contributed by atoms with Gasteiger partial charge in [-0.05, 0) is 25.7 Å². The van der Waals surface area contributed by atoms with Gasteiger partial charge in [-0.2, -0.15) is 9.61 Å². The Morgan fingerprint density at radius 1 is 1.10 bits per heavy atom. The summed E-state index contributed by atoms with van der Waals surface area (Å²) in [7, 11) is 0. The monoisotopic (exact) mass is 279 g/mol. The molecule has 5 heteroatoms. The molecule has 3 aromatic rings. The fourth-order valence-electron chi connectivity index (χ4n) is 3.05. The Bertz CT molecular complexity index is 791. The van der Waals surface area contributed by atoms with E-state index < -0.39 is 0 Å². The minimum Gasteiger partial charge on any atom is -0.308 e. The molecule has 0 amide bonds. The molecule has 2 aromatic heterocycles. The first-order valence-electron chi connectivity index (χ1n) is 7.30. The van der Waals surface area contributed by atoms with Crippen LogP contribution in [0.3, 0.4) is 0 Å². The smallest absolute Gasteiger partial charge is 0.158 e. The second kappa shape index (κ2) is 4.86. The van der Waals surface area contributed by atoms with Gasteiger partial charge in [0, 0.05) is 22.9 Å². The van der Waals surface area contributed by atoms with Crippen LogP contribution in [-0.4, -0.2) is 14.6 Å². The van der Waals surface area contributed by atoms with Crippen LogP contribution in [0.25, 0.3) is 16.9 Å². The highest BCUT2D eigenvalue weighted by molar-refractivity contribution is 5.66. The van der Waals surface area contributed by atoms with Crippen LogP contribution >= 0.6 is 0 Å². The molecule has 0 spiro atoms. The van der Waals surface area contributed by atoms with E-state index in [2.05, 4.69) is 22.7 Å².